The second-order valence-electron chi connectivity index (χ2n) is 6.23. The first-order valence-electron chi connectivity index (χ1n) is 9.04. The molecular formula is C19H18F4N4O6S2. The van der Waals surface area contributed by atoms with E-state index in [9.17, 15) is 34.4 Å². The highest BCUT2D eigenvalue weighted by molar-refractivity contribution is 7.89. The summed E-state index contributed by atoms with van der Waals surface area (Å²) in [6.07, 6.45) is 0. The second kappa shape index (κ2) is 12.3. The summed E-state index contributed by atoms with van der Waals surface area (Å²) in [7, 11) is -4.09. The van der Waals surface area contributed by atoms with Crippen molar-refractivity contribution in [3.8, 4) is 23.6 Å². The van der Waals surface area contributed by atoms with Gasteiger partial charge < -0.3 is 9.47 Å². The molecule has 0 bridgehead atoms. The molecule has 0 aliphatic carbocycles. The Morgan fingerprint density at radius 3 is 1.57 bits per heavy atom. The highest BCUT2D eigenvalue weighted by atomic mass is 32.2. The summed E-state index contributed by atoms with van der Waals surface area (Å²) >= 11 is 0. The Kier molecular flexibility index (Phi) is 10.4. The average molecular weight is 539 g/mol. The molecule has 2 aromatic carbocycles. The van der Waals surface area contributed by atoms with E-state index in [4.69, 9.17) is 10.5 Å². The Hall–Kier alpha value is -3.44. The highest BCUT2D eigenvalue weighted by Crippen LogP contribution is 2.28. The fourth-order valence-electron chi connectivity index (χ4n) is 2.38. The van der Waals surface area contributed by atoms with Gasteiger partial charge in [-0.3, -0.25) is 0 Å². The number of nitriles is 2. The van der Waals surface area contributed by atoms with Crippen molar-refractivity contribution in [3.05, 3.63) is 47.5 Å². The molecule has 35 heavy (non-hydrogen) atoms. The molecule has 0 aromatic heterocycles. The highest BCUT2D eigenvalue weighted by Gasteiger charge is 2.25. The molecule has 0 unspecified atom stereocenters. The van der Waals surface area contributed by atoms with Gasteiger partial charge in [-0.05, 0) is 31.3 Å². The predicted octanol–water partition coefficient (Wildman–Crippen LogP) is 2.48. The summed E-state index contributed by atoms with van der Waals surface area (Å²) in [5.41, 5.74) is -0.895. The van der Waals surface area contributed by atoms with Crippen molar-refractivity contribution in [2.75, 3.05) is 21.1 Å². The van der Waals surface area contributed by atoms with Crippen molar-refractivity contribution in [1.29, 1.82) is 10.5 Å². The van der Waals surface area contributed by atoms with Gasteiger partial charge in [0.25, 0.3) is 0 Å². The summed E-state index contributed by atoms with van der Waals surface area (Å²) in [5, 5.41) is 17.7. The lowest BCUT2D eigenvalue weighted by atomic mass is 10.2. The number of nitrogens with one attached hydrogen (secondary N) is 1. The first-order chi connectivity index (χ1) is 16.2. The van der Waals surface area contributed by atoms with Crippen LogP contribution >= 0.6 is 0 Å². The third kappa shape index (κ3) is 7.52. The molecule has 2 rings (SSSR count). The predicted molar refractivity (Wildman–Crippen MR) is 113 cm³/mol. The number of alkyl halides is 4. The minimum Gasteiger partial charge on any atom is -0.433 e. The number of benzene rings is 2. The van der Waals surface area contributed by atoms with Gasteiger partial charge in [0.1, 0.15) is 44.6 Å². The Morgan fingerprint density at radius 1 is 0.829 bits per heavy atom. The van der Waals surface area contributed by atoms with Crippen LogP contribution in [0.15, 0.2) is 46.2 Å². The molecule has 190 valence electrons. The molecule has 0 amide bonds. The lowest BCUT2D eigenvalue weighted by Gasteiger charge is -2.14. The molecule has 0 atom stereocenters. The zero-order valence-electron chi connectivity index (χ0n) is 18.2. The Bertz CT molecular complexity index is 1340. The van der Waals surface area contributed by atoms with Crippen LogP contribution in [-0.2, 0) is 20.0 Å². The third-order valence-electron chi connectivity index (χ3n) is 3.95. The maximum Gasteiger partial charge on any atom is 0.387 e. The molecule has 0 saturated carbocycles. The lowest BCUT2D eigenvalue weighted by Crippen LogP contribution is -2.23. The van der Waals surface area contributed by atoms with Crippen LogP contribution in [-0.4, -0.2) is 55.5 Å². The largest absolute Gasteiger partial charge is 0.433 e. The van der Waals surface area contributed by atoms with Crippen LogP contribution in [0.25, 0.3) is 0 Å². The maximum atomic E-state index is 12.1. The van der Waals surface area contributed by atoms with E-state index in [1.165, 1.54) is 32.3 Å². The number of hydrogen-bond acceptors (Lipinski definition) is 8. The van der Waals surface area contributed by atoms with Gasteiger partial charge in [-0.25, -0.2) is 25.9 Å². The Balaban J connectivity index is 0.000000351. The molecule has 0 aliphatic heterocycles. The van der Waals surface area contributed by atoms with E-state index in [1.54, 1.807) is 6.07 Å². The molecule has 0 saturated heterocycles. The first-order valence-corrected chi connectivity index (χ1v) is 12.0. The number of ether oxygens (including phenoxy) is 2. The van der Waals surface area contributed by atoms with Gasteiger partial charge in [-0.2, -0.15) is 28.1 Å². The topological polar surface area (TPSA) is 150 Å². The van der Waals surface area contributed by atoms with Gasteiger partial charge in [0.2, 0.25) is 20.0 Å². The van der Waals surface area contributed by atoms with E-state index < -0.39 is 60.8 Å². The van der Waals surface area contributed by atoms with Crippen LogP contribution < -0.4 is 14.2 Å². The van der Waals surface area contributed by atoms with E-state index in [0.717, 1.165) is 35.6 Å². The van der Waals surface area contributed by atoms with E-state index >= 15 is 0 Å². The SMILES string of the molecule is CN(C)S(=O)(=O)c1cccc(OC(F)F)c1C#N.CNS(=O)(=O)c1cccc(OC(F)F)c1C#N. The normalized spacial score (nSPS) is 11.4. The molecule has 0 fully saturated rings. The van der Waals surface area contributed by atoms with Gasteiger partial charge in [0.05, 0.1) is 0 Å². The average Bonchev–Trinajstić information content (AvgIpc) is 2.78. The molecular weight excluding hydrogens is 520 g/mol. The number of hydrogen-bond donors (Lipinski definition) is 1. The maximum absolute atomic E-state index is 12.1. The summed E-state index contributed by atoms with van der Waals surface area (Å²) in [6.45, 7) is -6.26. The minimum absolute atomic E-state index is 0.367. The van der Waals surface area contributed by atoms with Crippen LogP contribution in [0.2, 0.25) is 0 Å². The number of rotatable bonds is 8. The number of halogens is 4. The first kappa shape index (κ1) is 29.6. The quantitative estimate of drug-likeness (QED) is 0.504. The standard InChI is InChI=1S/C10H10F2N2O3S.C9H8F2N2O3S/c1-14(2)18(15,16)9-5-3-4-8(7(9)6-13)17-10(11)12;1-13-17(14,15)8-4-2-3-7(6(8)5-12)16-9(10)11/h3-5,10H,1-2H3;2-4,9,13H,1H3. The Morgan fingerprint density at radius 2 is 1.23 bits per heavy atom. The van der Waals surface area contributed by atoms with Crippen molar-refractivity contribution in [1.82, 2.24) is 9.03 Å². The second-order valence-corrected chi connectivity index (χ2v) is 10.2. The van der Waals surface area contributed by atoms with Crippen LogP contribution in [0.3, 0.4) is 0 Å². The summed E-state index contributed by atoms with van der Waals surface area (Å²) < 4.78 is 106. The molecule has 0 radical (unpaired) electrons. The van der Waals surface area contributed by atoms with Crippen molar-refractivity contribution >= 4 is 20.0 Å². The Labute approximate surface area is 199 Å². The fraction of sp³-hybridized carbons (Fsp3) is 0.263. The van der Waals surface area contributed by atoms with E-state index in [0.29, 0.717) is 0 Å². The van der Waals surface area contributed by atoms with Crippen LogP contribution in [0.4, 0.5) is 17.6 Å². The molecule has 0 aliphatic rings. The van der Waals surface area contributed by atoms with Crippen LogP contribution in [0, 0.1) is 22.7 Å². The molecule has 0 heterocycles. The minimum atomic E-state index is -3.90. The van der Waals surface area contributed by atoms with Gasteiger partial charge in [0.15, 0.2) is 0 Å². The zero-order chi connectivity index (χ0) is 27.0. The number of nitrogens with zero attached hydrogens (tertiary/aromatic N) is 3. The van der Waals surface area contributed by atoms with Gasteiger partial charge >= 0.3 is 13.2 Å². The van der Waals surface area contributed by atoms with Crippen LogP contribution in [0.5, 0.6) is 11.5 Å². The summed E-state index contributed by atoms with van der Waals surface area (Å²) in [4.78, 5) is -0.770. The number of sulfonamides is 2. The monoisotopic (exact) mass is 538 g/mol. The molecule has 0 spiro atoms. The molecule has 1 N–H and O–H groups in total. The summed E-state index contributed by atoms with van der Waals surface area (Å²) in [5.74, 6) is -0.936. The van der Waals surface area contributed by atoms with Crippen molar-refractivity contribution in [2.24, 2.45) is 0 Å². The lowest BCUT2D eigenvalue weighted by molar-refractivity contribution is -0.0508. The van der Waals surface area contributed by atoms with Gasteiger partial charge in [-0.1, -0.05) is 12.1 Å². The van der Waals surface area contributed by atoms with Crippen molar-refractivity contribution < 1.29 is 43.9 Å². The van der Waals surface area contributed by atoms with Crippen molar-refractivity contribution in [2.45, 2.75) is 23.0 Å². The third-order valence-corrected chi connectivity index (χ3v) is 7.26. The smallest absolute Gasteiger partial charge is 0.387 e. The van der Waals surface area contributed by atoms with E-state index in [2.05, 4.69) is 9.47 Å². The molecule has 2 aromatic rings. The molecule has 10 nitrogen and oxygen atoms in total. The van der Waals surface area contributed by atoms with Gasteiger partial charge in [0, 0.05) is 14.1 Å². The fourth-order valence-corrected chi connectivity index (χ4v) is 4.32. The van der Waals surface area contributed by atoms with E-state index in [1.807, 2.05) is 4.72 Å². The molecule has 16 heteroatoms. The summed E-state index contributed by atoms with van der Waals surface area (Å²) in [6, 6.07) is 10.0. The van der Waals surface area contributed by atoms with Crippen molar-refractivity contribution in [3.63, 3.8) is 0 Å². The van der Waals surface area contributed by atoms with E-state index in [-0.39, 0.29) is 4.90 Å². The van der Waals surface area contributed by atoms with Gasteiger partial charge in [-0.15, -0.1) is 0 Å². The zero-order valence-corrected chi connectivity index (χ0v) is 19.9. The van der Waals surface area contributed by atoms with Crippen LogP contribution in [0.1, 0.15) is 11.1 Å².